The lowest BCUT2D eigenvalue weighted by molar-refractivity contribution is 0.148. The summed E-state index contributed by atoms with van der Waals surface area (Å²) >= 11 is 3.41. The number of hydrogen-bond acceptors (Lipinski definition) is 2. The predicted octanol–water partition coefficient (Wildman–Crippen LogP) is 3.68. The second-order valence-electron chi connectivity index (χ2n) is 5.79. The first-order valence-corrected chi connectivity index (χ1v) is 7.55. The Morgan fingerprint density at radius 3 is 2.75 bits per heavy atom. The number of halogens is 1. The molecule has 1 rings (SSSR count). The zero-order valence-electron chi connectivity index (χ0n) is 12.3. The number of hydrogen-bond donors (Lipinski definition) is 3. The van der Waals surface area contributed by atoms with E-state index in [1.54, 1.807) is 0 Å². The maximum Gasteiger partial charge on any atom is 0.319 e. The third-order valence-electron chi connectivity index (χ3n) is 3.11. The third kappa shape index (κ3) is 5.92. The second-order valence-corrected chi connectivity index (χ2v) is 6.64. The summed E-state index contributed by atoms with van der Waals surface area (Å²) in [6.07, 6.45) is 1.72. The van der Waals surface area contributed by atoms with E-state index in [1.807, 2.05) is 39.0 Å². The molecular formula is C15H23BrN2O2. The van der Waals surface area contributed by atoms with Crippen molar-refractivity contribution < 1.29 is 9.90 Å². The van der Waals surface area contributed by atoms with E-state index in [4.69, 9.17) is 5.11 Å². The molecular weight excluding hydrogens is 320 g/mol. The maximum atomic E-state index is 11.8. The number of benzene rings is 1. The molecule has 0 bridgehead atoms. The van der Waals surface area contributed by atoms with Gasteiger partial charge in [-0.2, -0.15) is 0 Å². The number of amides is 2. The van der Waals surface area contributed by atoms with Gasteiger partial charge < -0.3 is 15.7 Å². The summed E-state index contributed by atoms with van der Waals surface area (Å²) in [7, 11) is 0. The summed E-state index contributed by atoms with van der Waals surface area (Å²) in [5.74, 6) is 0. The Bertz CT molecular complexity index is 461. The molecule has 0 unspecified atom stereocenters. The first kappa shape index (κ1) is 17.0. The molecule has 0 aliphatic rings. The van der Waals surface area contributed by atoms with Crippen molar-refractivity contribution in [3.63, 3.8) is 0 Å². The van der Waals surface area contributed by atoms with E-state index in [9.17, 15) is 4.79 Å². The van der Waals surface area contributed by atoms with Crippen molar-refractivity contribution in [3.05, 3.63) is 28.2 Å². The van der Waals surface area contributed by atoms with E-state index in [0.717, 1.165) is 28.6 Å². The summed E-state index contributed by atoms with van der Waals surface area (Å²) in [5.41, 5.74) is 1.77. The fraction of sp³-hybridized carbons (Fsp3) is 0.533. The number of carbonyl (C=O) groups is 1. The topological polar surface area (TPSA) is 61.4 Å². The first-order chi connectivity index (χ1) is 9.34. The Morgan fingerprint density at radius 1 is 1.40 bits per heavy atom. The Hall–Kier alpha value is -1.07. The number of carbonyl (C=O) groups excluding carboxylic acids is 1. The molecule has 0 fully saturated rings. The summed E-state index contributed by atoms with van der Waals surface area (Å²) in [6.45, 7) is 6.76. The highest BCUT2D eigenvalue weighted by molar-refractivity contribution is 9.10. The van der Waals surface area contributed by atoms with Crippen LogP contribution in [0.1, 0.15) is 32.3 Å². The average Bonchev–Trinajstić information content (AvgIpc) is 2.39. The number of aryl methyl sites for hydroxylation is 1. The van der Waals surface area contributed by atoms with Gasteiger partial charge in [-0.25, -0.2) is 4.79 Å². The highest BCUT2D eigenvalue weighted by Crippen LogP contribution is 2.23. The van der Waals surface area contributed by atoms with Gasteiger partial charge in [0.1, 0.15) is 0 Å². The molecule has 0 atom stereocenters. The van der Waals surface area contributed by atoms with Crippen LogP contribution in [0.15, 0.2) is 22.7 Å². The van der Waals surface area contributed by atoms with Crippen molar-refractivity contribution in [2.24, 2.45) is 5.41 Å². The minimum Gasteiger partial charge on any atom is -0.396 e. The zero-order valence-corrected chi connectivity index (χ0v) is 13.9. The van der Waals surface area contributed by atoms with Gasteiger partial charge in [-0.05, 0) is 58.8 Å². The van der Waals surface area contributed by atoms with Crippen LogP contribution in [-0.4, -0.2) is 24.3 Å². The fourth-order valence-electron chi connectivity index (χ4n) is 1.75. The minimum absolute atomic E-state index is 0.0856. The van der Waals surface area contributed by atoms with Crippen molar-refractivity contribution in [3.8, 4) is 0 Å². The maximum absolute atomic E-state index is 11.8. The zero-order chi connectivity index (χ0) is 15.2. The molecule has 1 aromatic carbocycles. The Labute approximate surface area is 129 Å². The lowest BCUT2D eigenvalue weighted by Crippen LogP contribution is -2.30. The molecule has 5 heteroatoms. The van der Waals surface area contributed by atoms with Gasteiger partial charge in [-0.3, -0.25) is 0 Å². The van der Waals surface area contributed by atoms with Crippen molar-refractivity contribution in [2.45, 2.75) is 33.6 Å². The number of urea groups is 1. The number of rotatable bonds is 6. The molecule has 3 N–H and O–H groups in total. The molecule has 4 nitrogen and oxygen atoms in total. The normalized spacial score (nSPS) is 11.2. The molecule has 2 amide bonds. The molecule has 0 heterocycles. The van der Waals surface area contributed by atoms with Crippen molar-refractivity contribution in [1.29, 1.82) is 0 Å². The SMILES string of the molecule is Cc1ccc(Br)c(NC(=O)NCCCC(C)(C)CO)c1. The van der Waals surface area contributed by atoms with Gasteiger partial charge in [0, 0.05) is 17.6 Å². The van der Waals surface area contributed by atoms with Crippen molar-refractivity contribution in [2.75, 3.05) is 18.5 Å². The summed E-state index contributed by atoms with van der Waals surface area (Å²) in [6, 6.07) is 5.59. The molecule has 0 saturated carbocycles. The van der Waals surface area contributed by atoms with Crippen LogP contribution in [0.5, 0.6) is 0 Å². The van der Waals surface area contributed by atoms with E-state index < -0.39 is 0 Å². The summed E-state index contributed by atoms with van der Waals surface area (Å²) in [4.78, 5) is 11.8. The Kier molecular flexibility index (Phi) is 6.49. The highest BCUT2D eigenvalue weighted by atomic mass is 79.9. The van der Waals surface area contributed by atoms with E-state index in [-0.39, 0.29) is 18.1 Å². The molecule has 112 valence electrons. The first-order valence-electron chi connectivity index (χ1n) is 6.76. The van der Waals surface area contributed by atoms with Gasteiger partial charge >= 0.3 is 6.03 Å². The number of anilines is 1. The molecule has 0 aromatic heterocycles. The number of aliphatic hydroxyl groups is 1. The smallest absolute Gasteiger partial charge is 0.319 e. The van der Waals surface area contributed by atoms with Crippen LogP contribution >= 0.6 is 15.9 Å². The van der Waals surface area contributed by atoms with E-state index in [0.29, 0.717) is 6.54 Å². The van der Waals surface area contributed by atoms with E-state index in [2.05, 4.69) is 26.6 Å². The van der Waals surface area contributed by atoms with Gasteiger partial charge in [-0.15, -0.1) is 0 Å². The van der Waals surface area contributed by atoms with E-state index in [1.165, 1.54) is 0 Å². The Morgan fingerprint density at radius 2 is 2.10 bits per heavy atom. The lowest BCUT2D eigenvalue weighted by Gasteiger charge is -2.21. The largest absolute Gasteiger partial charge is 0.396 e. The standard InChI is InChI=1S/C15H23BrN2O2/c1-11-5-6-12(16)13(9-11)18-14(20)17-8-4-7-15(2,3)10-19/h5-6,9,19H,4,7-8,10H2,1-3H3,(H2,17,18,20). The van der Waals surface area contributed by atoms with Crippen LogP contribution in [-0.2, 0) is 0 Å². The van der Waals surface area contributed by atoms with E-state index >= 15 is 0 Å². The molecule has 0 aliphatic heterocycles. The predicted molar refractivity (Wildman–Crippen MR) is 86.0 cm³/mol. The van der Waals surface area contributed by atoms with Gasteiger partial charge in [-0.1, -0.05) is 19.9 Å². The van der Waals surface area contributed by atoms with Gasteiger partial charge in [0.25, 0.3) is 0 Å². The Balaban J connectivity index is 2.36. The van der Waals surface area contributed by atoms with Gasteiger partial charge in [0.15, 0.2) is 0 Å². The summed E-state index contributed by atoms with van der Waals surface area (Å²) in [5, 5.41) is 14.8. The van der Waals surface area contributed by atoms with Gasteiger partial charge in [0.05, 0.1) is 5.69 Å². The molecule has 20 heavy (non-hydrogen) atoms. The molecule has 0 aliphatic carbocycles. The number of nitrogens with one attached hydrogen (secondary N) is 2. The molecule has 0 radical (unpaired) electrons. The van der Waals surface area contributed by atoms with Crippen LogP contribution < -0.4 is 10.6 Å². The molecule has 0 spiro atoms. The van der Waals surface area contributed by atoms with Crippen LogP contribution in [0.25, 0.3) is 0 Å². The van der Waals surface area contributed by atoms with Crippen LogP contribution in [0.2, 0.25) is 0 Å². The summed E-state index contributed by atoms with van der Waals surface area (Å²) < 4.78 is 0.861. The lowest BCUT2D eigenvalue weighted by atomic mass is 9.89. The van der Waals surface area contributed by atoms with Gasteiger partial charge in [0.2, 0.25) is 0 Å². The van der Waals surface area contributed by atoms with Crippen LogP contribution in [0.3, 0.4) is 0 Å². The molecule has 1 aromatic rings. The van der Waals surface area contributed by atoms with Crippen LogP contribution in [0, 0.1) is 12.3 Å². The van der Waals surface area contributed by atoms with Crippen molar-refractivity contribution >= 4 is 27.6 Å². The highest BCUT2D eigenvalue weighted by Gasteiger charge is 2.15. The quantitative estimate of drug-likeness (QED) is 0.690. The third-order valence-corrected chi connectivity index (χ3v) is 3.81. The number of aliphatic hydroxyl groups excluding tert-OH is 1. The second kappa shape index (κ2) is 7.64. The average molecular weight is 343 g/mol. The van der Waals surface area contributed by atoms with Crippen LogP contribution in [0.4, 0.5) is 10.5 Å². The minimum atomic E-state index is -0.210. The molecule has 0 saturated heterocycles. The fourth-order valence-corrected chi connectivity index (χ4v) is 2.10. The monoisotopic (exact) mass is 342 g/mol. The van der Waals surface area contributed by atoms with Crippen molar-refractivity contribution in [1.82, 2.24) is 5.32 Å².